The van der Waals surface area contributed by atoms with Gasteiger partial charge in [-0.2, -0.15) is 0 Å². The third-order valence-electron chi connectivity index (χ3n) is 13.1. The quantitative estimate of drug-likeness (QED) is 0.114. The monoisotopic (exact) mass is 921 g/mol. The van der Waals surface area contributed by atoms with Crippen LogP contribution in [0.3, 0.4) is 0 Å². The fraction of sp³-hybridized carbons (Fsp3) is 0.591. The van der Waals surface area contributed by atoms with Gasteiger partial charge in [-0.15, -0.1) is 0 Å². The number of ether oxygens (including phenoxy) is 7. The van der Waals surface area contributed by atoms with E-state index in [1.165, 1.54) is 11.8 Å². The van der Waals surface area contributed by atoms with Crippen LogP contribution in [-0.4, -0.2) is 128 Å². The Morgan fingerprint density at radius 3 is 1.79 bits per heavy atom. The Morgan fingerprint density at radius 2 is 1.32 bits per heavy atom. The molecule has 0 bridgehead atoms. The first-order chi connectivity index (χ1) is 30.8. The second-order valence-electron chi connectivity index (χ2n) is 17.3. The normalized spacial score (nSPS) is 28.0. The number of nitrogens with two attached hydrogens (primary N) is 1. The summed E-state index contributed by atoms with van der Waals surface area (Å²) in [4.78, 5) is 33.9. The van der Waals surface area contributed by atoms with Crippen molar-refractivity contribution in [3.05, 3.63) is 60.2 Å². The first kappa shape index (κ1) is 44.6. The molecule has 0 radical (unpaired) electrons. The van der Waals surface area contributed by atoms with E-state index < -0.39 is 0 Å². The number of anilines is 2. The van der Waals surface area contributed by atoms with E-state index >= 15 is 0 Å². The van der Waals surface area contributed by atoms with E-state index in [0.29, 0.717) is 75.0 Å². The topological polar surface area (TPSA) is 174 Å². The van der Waals surface area contributed by atoms with Crippen molar-refractivity contribution in [1.82, 2.24) is 29.9 Å². The summed E-state index contributed by atoms with van der Waals surface area (Å²) in [5.41, 5.74) is 7.71. The smallest absolute Gasteiger partial charge is 0.175 e. The summed E-state index contributed by atoms with van der Waals surface area (Å²) in [6.07, 6.45) is 17.3. The molecular formula is C44H56ClN9O7S2. The van der Waals surface area contributed by atoms with Crippen LogP contribution in [0, 0.1) is 17.3 Å². The molecule has 0 amide bonds. The van der Waals surface area contributed by atoms with Crippen LogP contribution >= 0.6 is 35.1 Å². The molecule has 338 valence electrons. The van der Waals surface area contributed by atoms with E-state index in [-0.39, 0.29) is 17.6 Å². The van der Waals surface area contributed by atoms with Gasteiger partial charge in [0.15, 0.2) is 23.1 Å². The summed E-state index contributed by atoms with van der Waals surface area (Å²) in [7, 11) is 3.28. The van der Waals surface area contributed by atoms with Gasteiger partial charge in [-0.3, -0.25) is 4.98 Å². The molecule has 3 saturated heterocycles. The second-order valence-corrected chi connectivity index (χ2v) is 19.8. The van der Waals surface area contributed by atoms with E-state index in [2.05, 4.69) is 36.7 Å². The van der Waals surface area contributed by atoms with Gasteiger partial charge in [0.05, 0.1) is 78.3 Å². The van der Waals surface area contributed by atoms with Gasteiger partial charge in [0, 0.05) is 68.9 Å². The van der Waals surface area contributed by atoms with Gasteiger partial charge in [-0.05, 0) is 57.6 Å². The van der Waals surface area contributed by atoms with Crippen LogP contribution in [0.1, 0.15) is 57.1 Å². The minimum absolute atomic E-state index is 0.137. The Hall–Kier alpha value is -3.59. The molecule has 10 rings (SSSR count). The van der Waals surface area contributed by atoms with Crippen LogP contribution in [0.15, 0.2) is 69.2 Å². The molecule has 4 aromatic rings. The van der Waals surface area contributed by atoms with Crippen molar-refractivity contribution in [1.29, 1.82) is 0 Å². The molecule has 5 aliphatic heterocycles. The van der Waals surface area contributed by atoms with Crippen LogP contribution in [-0.2, 0) is 23.7 Å². The maximum Gasteiger partial charge on any atom is 0.175 e. The molecule has 9 heterocycles. The molecule has 4 fully saturated rings. The SMILES string of the molecule is COCOC[C@H]1C[C@H]2COc3c(Sc4cnc(C5CCC6(CC5)CO[C@@H](C)[C@H]6N)cn4)ccnc3N2C1.COCOC[C@H]1C[C@H]2COc3c(Sc4cnc(Cl)cn4)ccnc3N2C1. The van der Waals surface area contributed by atoms with Crippen molar-refractivity contribution in [3.63, 3.8) is 0 Å². The van der Waals surface area contributed by atoms with E-state index in [9.17, 15) is 0 Å². The number of aromatic nitrogens is 6. The molecule has 16 nitrogen and oxygen atoms in total. The molecule has 6 aliphatic rings. The Bertz CT molecular complexity index is 2140. The lowest BCUT2D eigenvalue weighted by Gasteiger charge is -2.39. The number of hydrogen-bond acceptors (Lipinski definition) is 18. The standard InChI is InChI=1S/C27H37N5O4S.C17H19ClN4O3S/c1-17-25(28)27(15-36-17)6-3-19(4-7-27)21-10-31-23(11-30-21)37-22-5-8-29-26-24(22)35-14-20-9-18(12-32(20)26)13-34-16-33-2;1-23-10-24-8-11-4-12-9-25-16-13(2-3-19-17(16)22(12)7-11)26-15-6-20-14(18)5-21-15/h5,8,10-11,17-20,25H,3-4,6-7,9,12-16,28H2,1-2H3;2-3,5-6,11-12H,4,7-10H2,1H3/t17-,18-,19?,20-,25+,27?;11-,12-/m00/s1. The highest BCUT2D eigenvalue weighted by atomic mass is 35.5. The number of nitrogens with zero attached hydrogens (tertiary/aromatic N) is 8. The number of pyridine rings is 2. The lowest BCUT2D eigenvalue weighted by atomic mass is 9.66. The first-order valence-corrected chi connectivity index (χ1v) is 23.7. The highest BCUT2D eigenvalue weighted by Crippen LogP contribution is 2.49. The predicted molar refractivity (Wildman–Crippen MR) is 238 cm³/mol. The van der Waals surface area contributed by atoms with E-state index in [0.717, 1.165) is 107 Å². The number of methoxy groups -OCH3 is 2. The third-order valence-corrected chi connectivity index (χ3v) is 15.2. The highest BCUT2D eigenvalue weighted by Gasteiger charge is 2.48. The molecule has 0 aromatic carbocycles. The van der Waals surface area contributed by atoms with Crippen LogP contribution in [0.4, 0.5) is 11.6 Å². The Kier molecular flexibility index (Phi) is 14.4. The average Bonchev–Trinajstić information content (AvgIpc) is 4.01. The van der Waals surface area contributed by atoms with Gasteiger partial charge in [0.25, 0.3) is 0 Å². The Balaban J connectivity index is 0.000000170. The van der Waals surface area contributed by atoms with Gasteiger partial charge in [0.1, 0.15) is 42.0 Å². The lowest BCUT2D eigenvalue weighted by Crippen LogP contribution is -2.45. The predicted octanol–water partition coefficient (Wildman–Crippen LogP) is 6.50. The molecule has 6 atom stereocenters. The molecule has 4 aromatic heterocycles. The first-order valence-electron chi connectivity index (χ1n) is 21.7. The fourth-order valence-electron chi connectivity index (χ4n) is 9.87. The molecule has 1 aliphatic carbocycles. The summed E-state index contributed by atoms with van der Waals surface area (Å²) in [6.45, 7) is 8.06. The van der Waals surface area contributed by atoms with Gasteiger partial charge in [0.2, 0.25) is 0 Å². The van der Waals surface area contributed by atoms with Gasteiger partial charge >= 0.3 is 0 Å². The number of rotatable bonds is 13. The van der Waals surface area contributed by atoms with E-state index in [4.69, 9.17) is 60.5 Å². The lowest BCUT2D eigenvalue weighted by molar-refractivity contribution is -0.0415. The van der Waals surface area contributed by atoms with Crippen LogP contribution in [0.25, 0.3) is 0 Å². The number of halogens is 1. The van der Waals surface area contributed by atoms with Crippen LogP contribution < -0.4 is 25.0 Å². The molecule has 2 N–H and O–H groups in total. The summed E-state index contributed by atoms with van der Waals surface area (Å²) >= 11 is 8.89. The molecular weight excluding hydrogens is 866 g/mol. The number of hydrogen-bond donors (Lipinski definition) is 1. The highest BCUT2D eigenvalue weighted by molar-refractivity contribution is 7.99. The molecule has 63 heavy (non-hydrogen) atoms. The van der Waals surface area contributed by atoms with Gasteiger partial charge in [-0.25, -0.2) is 24.9 Å². The number of fused-ring (bicyclic) bond motifs is 6. The van der Waals surface area contributed by atoms with Crippen LogP contribution in [0.2, 0.25) is 5.15 Å². The minimum atomic E-state index is 0.137. The second kappa shape index (κ2) is 20.3. The molecule has 1 spiro atoms. The summed E-state index contributed by atoms with van der Waals surface area (Å²) < 4.78 is 39.3. The van der Waals surface area contributed by atoms with E-state index in [1.54, 1.807) is 38.4 Å². The van der Waals surface area contributed by atoms with Crippen LogP contribution in [0.5, 0.6) is 11.5 Å². The minimum Gasteiger partial charge on any atom is -0.486 e. The third kappa shape index (κ3) is 9.99. The largest absolute Gasteiger partial charge is 0.486 e. The van der Waals surface area contributed by atoms with Crippen molar-refractivity contribution in [2.45, 2.75) is 95.4 Å². The molecule has 0 unspecified atom stereocenters. The Morgan fingerprint density at radius 1 is 0.762 bits per heavy atom. The van der Waals surface area contributed by atoms with Crippen molar-refractivity contribution in [2.75, 3.05) is 83.7 Å². The van der Waals surface area contributed by atoms with Crippen molar-refractivity contribution in [2.24, 2.45) is 23.0 Å². The summed E-state index contributed by atoms with van der Waals surface area (Å²) in [6, 6.07) is 4.75. The zero-order chi connectivity index (χ0) is 43.3. The average molecular weight is 923 g/mol. The van der Waals surface area contributed by atoms with Gasteiger partial charge < -0.3 is 48.7 Å². The van der Waals surface area contributed by atoms with E-state index in [1.807, 2.05) is 36.9 Å². The van der Waals surface area contributed by atoms with Crippen molar-refractivity contribution < 1.29 is 33.2 Å². The zero-order valence-electron chi connectivity index (χ0n) is 36.0. The molecule has 1 saturated carbocycles. The Labute approximate surface area is 382 Å². The maximum absolute atomic E-state index is 6.49. The summed E-state index contributed by atoms with van der Waals surface area (Å²) in [5, 5.41) is 2.01. The van der Waals surface area contributed by atoms with Crippen molar-refractivity contribution in [3.8, 4) is 11.5 Å². The fourth-order valence-corrected chi connectivity index (χ4v) is 11.6. The maximum atomic E-state index is 6.49. The van der Waals surface area contributed by atoms with Gasteiger partial charge in [-0.1, -0.05) is 35.1 Å². The summed E-state index contributed by atoms with van der Waals surface area (Å²) in [5.74, 6) is 4.79. The van der Waals surface area contributed by atoms with Crippen molar-refractivity contribution >= 4 is 46.8 Å². The molecule has 19 heteroatoms. The zero-order valence-corrected chi connectivity index (χ0v) is 38.4.